The molecule has 0 amide bonds. The summed E-state index contributed by atoms with van der Waals surface area (Å²) >= 11 is 0. The smallest absolute Gasteiger partial charge is 0.160 e. The van der Waals surface area contributed by atoms with Crippen LogP contribution >= 0.6 is 0 Å². The zero-order chi connectivity index (χ0) is 29.3. The Kier molecular flexibility index (Phi) is 6.50. The van der Waals surface area contributed by atoms with Crippen LogP contribution in [0.15, 0.2) is 164 Å². The molecule has 4 aromatic carbocycles. The van der Waals surface area contributed by atoms with Crippen LogP contribution in [0.3, 0.4) is 0 Å². The van der Waals surface area contributed by atoms with Gasteiger partial charge in [-0.3, -0.25) is 4.98 Å². The van der Waals surface area contributed by atoms with E-state index in [1.165, 1.54) is 5.57 Å². The number of nitrogens with one attached hydrogen (secondary N) is 1. The molecular formula is C40H28N4. The average Bonchev–Trinajstić information content (AvgIpc) is 3.11. The maximum atomic E-state index is 5.06. The molecule has 4 heteroatoms. The lowest BCUT2D eigenvalue weighted by Crippen LogP contribution is -2.27. The summed E-state index contributed by atoms with van der Waals surface area (Å²) in [5.74, 6) is 0.695. The minimum absolute atomic E-state index is 0.247. The lowest BCUT2D eigenvalue weighted by atomic mass is 9.93. The highest BCUT2D eigenvalue weighted by Gasteiger charge is 2.16. The number of rotatable bonds is 5. The first-order valence-corrected chi connectivity index (χ1v) is 14.8. The number of nitrogens with zero attached hydrogens (tertiary/aromatic N) is 3. The first-order valence-electron chi connectivity index (χ1n) is 14.8. The van der Waals surface area contributed by atoms with Crippen molar-refractivity contribution >= 4 is 16.5 Å². The second-order valence-corrected chi connectivity index (χ2v) is 11.0. The number of fused-ring (bicyclic) bond motifs is 2. The molecule has 0 spiro atoms. The first kappa shape index (κ1) is 25.8. The highest BCUT2D eigenvalue weighted by atomic mass is 14.9. The molecule has 0 saturated heterocycles. The topological polar surface area (TPSA) is 50.7 Å². The predicted molar refractivity (Wildman–Crippen MR) is 180 cm³/mol. The van der Waals surface area contributed by atoms with E-state index in [2.05, 4.69) is 126 Å². The molecule has 4 nitrogen and oxygen atoms in total. The summed E-state index contributed by atoms with van der Waals surface area (Å²) in [5.41, 5.74) is 11.6. The Labute approximate surface area is 256 Å². The van der Waals surface area contributed by atoms with Crippen LogP contribution in [0.2, 0.25) is 0 Å². The molecule has 3 heterocycles. The second kappa shape index (κ2) is 11.1. The van der Waals surface area contributed by atoms with Crippen molar-refractivity contribution in [3.05, 3.63) is 169 Å². The van der Waals surface area contributed by atoms with Crippen molar-refractivity contribution in [2.45, 2.75) is 6.04 Å². The van der Waals surface area contributed by atoms with Gasteiger partial charge in [0, 0.05) is 40.0 Å². The second-order valence-electron chi connectivity index (χ2n) is 11.0. The summed E-state index contributed by atoms with van der Waals surface area (Å²) in [6, 6.07) is 40.1. The van der Waals surface area contributed by atoms with Gasteiger partial charge in [0.15, 0.2) is 5.82 Å². The highest BCUT2D eigenvalue weighted by molar-refractivity contribution is 5.84. The fourth-order valence-corrected chi connectivity index (χ4v) is 5.77. The Balaban J connectivity index is 1.14. The number of hydrogen-bond acceptors (Lipinski definition) is 4. The predicted octanol–water partition coefficient (Wildman–Crippen LogP) is 9.06. The summed E-state index contributed by atoms with van der Waals surface area (Å²) in [4.78, 5) is 14.7. The summed E-state index contributed by atoms with van der Waals surface area (Å²) in [6.45, 7) is 0. The van der Waals surface area contributed by atoms with E-state index in [9.17, 15) is 0 Å². The number of allylic oxidation sites excluding steroid dienone is 4. The summed E-state index contributed by atoms with van der Waals surface area (Å²) in [6.07, 6.45) is 14.8. The summed E-state index contributed by atoms with van der Waals surface area (Å²) in [5, 5.41) is 4.63. The molecule has 2 aromatic heterocycles. The maximum absolute atomic E-state index is 5.06. The molecule has 1 aliphatic carbocycles. The molecule has 0 saturated carbocycles. The Morgan fingerprint density at radius 3 is 2.07 bits per heavy atom. The van der Waals surface area contributed by atoms with Crippen LogP contribution in [0.1, 0.15) is 5.56 Å². The fourth-order valence-electron chi connectivity index (χ4n) is 5.77. The largest absolute Gasteiger partial charge is 0.380 e. The number of dihydropyridines is 1. The molecule has 6 aromatic rings. The molecule has 0 bridgehead atoms. The SMILES string of the molecule is C1=CC2=CC(c3ccc(-c4cc(-c5ccccc5)nc(-c5ccc(-c6cnc7ccccc7c6)cc5)n4)cc3)=CNC2C=C1. The summed E-state index contributed by atoms with van der Waals surface area (Å²) in [7, 11) is 0. The molecule has 0 fully saturated rings. The lowest BCUT2D eigenvalue weighted by molar-refractivity contribution is 0.798. The van der Waals surface area contributed by atoms with Crippen LogP contribution in [0, 0.1) is 0 Å². The van der Waals surface area contributed by atoms with Crippen molar-refractivity contribution < 1.29 is 0 Å². The van der Waals surface area contributed by atoms with Gasteiger partial charge in [-0.2, -0.15) is 0 Å². The van der Waals surface area contributed by atoms with E-state index in [0.29, 0.717) is 5.82 Å². The Hall–Kier alpha value is -5.87. The minimum Gasteiger partial charge on any atom is -0.380 e. The first-order chi connectivity index (χ1) is 21.8. The van der Waals surface area contributed by atoms with Gasteiger partial charge in [0.2, 0.25) is 0 Å². The van der Waals surface area contributed by atoms with Crippen molar-refractivity contribution in [3.63, 3.8) is 0 Å². The van der Waals surface area contributed by atoms with Crippen molar-refractivity contribution in [3.8, 4) is 45.0 Å². The number of benzene rings is 4. The third-order valence-electron chi connectivity index (χ3n) is 8.18. The van der Waals surface area contributed by atoms with Gasteiger partial charge in [-0.25, -0.2) is 9.97 Å². The van der Waals surface area contributed by atoms with Gasteiger partial charge in [0.25, 0.3) is 0 Å². The Morgan fingerprint density at radius 2 is 1.25 bits per heavy atom. The van der Waals surface area contributed by atoms with Crippen LogP contribution in [0.5, 0.6) is 0 Å². The van der Waals surface area contributed by atoms with Gasteiger partial charge < -0.3 is 5.32 Å². The van der Waals surface area contributed by atoms with E-state index in [-0.39, 0.29) is 6.04 Å². The van der Waals surface area contributed by atoms with Crippen molar-refractivity contribution in [2.24, 2.45) is 0 Å². The van der Waals surface area contributed by atoms with E-state index in [0.717, 1.165) is 61.2 Å². The van der Waals surface area contributed by atoms with Crippen LogP contribution in [0.4, 0.5) is 0 Å². The highest BCUT2D eigenvalue weighted by Crippen LogP contribution is 2.31. The van der Waals surface area contributed by atoms with Crippen LogP contribution in [-0.2, 0) is 0 Å². The minimum atomic E-state index is 0.247. The lowest BCUT2D eigenvalue weighted by Gasteiger charge is -2.23. The van der Waals surface area contributed by atoms with E-state index in [4.69, 9.17) is 9.97 Å². The third-order valence-corrected chi connectivity index (χ3v) is 8.18. The Bertz CT molecular complexity index is 2120. The third kappa shape index (κ3) is 5.03. The number of hydrogen-bond donors (Lipinski definition) is 1. The van der Waals surface area contributed by atoms with Crippen LogP contribution in [0.25, 0.3) is 61.5 Å². The van der Waals surface area contributed by atoms with E-state index in [1.54, 1.807) is 0 Å². The van der Waals surface area contributed by atoms with Crippen LogP contribution in [-0.4, -0.2) is 21.0 Å². The molecule has 208 valence electrons. The fraction of sp³-hybridized carbons (Fsp3) is 0.0250. The number of aromatic nitrogens is 3. The molecule has 44 heavy (non-hydrogen) atoms. The molecule has 8 rings (SSSR count). The van der Waals surface area contributed by atoms with Crippen molar-refractivity contribution in [2.75, 3.05) is 0 Å². The Morgan fingerprint density at radius 1 is 0.568 bits per heavy atom. The number of pyridine rings is 1. The average molecular weight is 565 g/mol. The van der Waals surface area contributed by atoms with Crippen molar-refractivity contribution in [1.82, 2.24) is 20.3 Å². The van der Waals surface area contributed by atoms with Gasteiger partial charge in [0.1, 0.15) is 0 Å². The van der Waals surface area contributed by atoms with E-state index >= 15 is 0 Å². The van der Waals surface area contributed by atoms with Gasteiger partial charge in [-0.15, -0.1) is 0 Å². The molecule has 1 unspecified atom stereocenters. The monoisotopic (exact) mass is 564 g/mol. The quantitative estimate of drug-likeness (QED) is 0.227. The van der Waals surface area contributed by atoms with Crippen LogP contribution < -0.4 is 5.32 Å². The molecular weight excluding hydrogens is 536 g/mol. The maximum Gasteiger partial charge on any atom is 0.160 e. The van der Waals surface area contributed by atoms with Gasteiger partial charge in [0.05, 0.1) is 22.9 Å². The zero-order valence-electron chi connectivity index (χ0n) is 23.9. The van der Waals surface area contributed by atoms with Crippen molar-refractivity contribution in [1.29, 1.82) is 0 Å². The van der Waals surface area contributed by atoms with Gasteiger partial charge >= 0.3 is 0 Å². The van der Waals surface area contributed by atoms with Gasteiger partial charge in [-0.05, 0) is 46.5 Å². The normalized spacial score (nSPS) is 15.3. The molecule has 0 radical (unpaired) electrons. The molecule has 1 aliphatic heterocycles. The molecule has 1 atom stereocenters. The van der Waals surface area contributed by atoms with E-state index in [1.807, 2.05) is 42.6 Å². The standard InChI is InChI=1S/C40H28N4/c1-2-8-29(9-3-1)38-24-39(30-18-14-27(15-19-30)34-22-32-10-4-6-12-36(32)41-25-34)44-40(43-38)31-20-16-28(17-21-31)35-23-33-11-5-7-13-37(33)42-26-35/h1-26,36,41H. The van der Waals surface area contributed by atoms with E-state index < -0.39 is 0 Å². The molecule has 2 aliphatic rings. The van der Waals surface area contributed by atoms with Gasteiger partial charge in [-0.1, -0.05) is 121 Å². The molecule has 1 N–H and O–H groups in total. The number of para-hydroxylation sites is 1. The zero-order valence-corrected chi connectivity index (χ0v) is 23.9. The summed E-state index contributed by atoms with van der Waals surface area (Å²) < 4.78 is 0.